The zero-order valence-electron chi connectivity index (χ0n) is 18.4. The summed E-state index contributed by atoms with van der Waals surface area (Å²) >= 11 is 0. The van der Waals surface area contributed by atoms with Gasteiger partial charge in [0.1, 0.15) is 0 Å². The Morgan fingerprint density at radius 3 is 2.72 bits per heavy atom. The molecule has 4 rings (SSSR count). The van der Waals surface area contributed by atoms with Gasteiger partial charge < -0.3 is 24.2 Å². The number of benzene rings is 1. The van der Waals surface area contributed by atoms with Crippen molar-refractivity contribution in [2.24, 2.45) is 0 Å². The molecule has 3 heterocycles. The number of nitrogens with zero attached hydrogens (tertiary/aromatic N) is 3. The number of carbonyl (C=O) groups is 2. The van der Waals surface area contributed by atoms with Gasteiger partial charge in [-0.3, -0.25) is 9.59 Å². The Labute approximate surface area is 187 Å². The van der Waals surface area contributed by atoms with E-state index in [2.05, 4.69) is 15.5 Å². The molecule has 9 heteroatoms. The molecule has 1 N–H and O–H groups in total. The van der Waals surface area contributed by atoms with Gasteiger partial charge in [-0.25, -0.2) is 0 Å². The summed E-state index contributed by atoms with van der Waals surface area (Å²) in [7, 11) is 0. The quantitative estimate of drug-likeness (QED) is 0.703. The average molecular weight is 443 g/mol. The molecular weight excluding hydrogens is 412 g/mol. The Balaban J connectivity index is 1.19. The highest BCUT2D eigenvalue weighted by Crippen LogP contribution is 2.25. The van der Waals surface area contributed by atoms with Crippen LogP contribution in [0.3, 0.4) is 0 Å². The van der Waals surface area contributed by atoms with Gasteiger partial charge in [0.05, 0.1) is 12.7 Å². The minimum Gasteiger partial charge on any atom is -0.381 e. The van der Waals surface area contributed by atoms with Gasteiger partial charge in [0, 0.05) is 56.8 Å². The van der Waals surface area contributed by atoms with Crippen molar-refractivity contribution >= 4 is 17.5 Å². The highest BCUT2D eigenvalue weighted by Gasteiger charge is 2.25. The second-order valence-corrected chi connectivity index (χ2v) is 8.31. The molecule has 2 aromatic rings. The monoisotopic (exact) mass is 442 g/mol. The topological polar surface area (TPSA) is 107 Å². The van der Waals surface area contributed by atoms with Gasteiger partial charge in [-0.1, -0.05) is 11.2 Å². The van der Waals surface area contributed by atoms with Crippen molar-refractivity contribution in [3.63, 3.8) is 0 Å². The molecule has 0 spiro atoms. The van der Waals surface area contributed by atoms with E-state index in [1.165, 1.54) is 6.92 Å². The largest absolute Gasteiger partial charge is 0.381 e. The first-order valence-electron chi connectivity index (χ1n) is 11.3. The second kappa shape index (κ2) is 10.7. The van der Waals surface area contributed by atoms with Crippen LogP contribution >= 0.6 is 0 Å². The Hall–Kier alpha value is -2.78. The Kier molecular flexibility index (Phi) is 7.49. The van der Waals surface area contributed by atoms with Crippen LogP contribution in [0.25, 0.3) is 0 Å². The molecule has 0 saturated carbocycles. The lowest BCUT2D eigenvalue weighted by Crippen LogP contribution is -2.41. The summed E-state index contributed by atoms with van der Waals surface area (Å²) in [6.07, 6.45) is 4.15. The number of hydrogen-bond acceptors (Lipinski definition) is 7. The van der Waals surface area contributed by atoms with Crippen LogP contribution in [0.4, 0.5) is 5.69 Å². The van der Waals surface area contributed by atoms with E-state index in [0.29, 0.717) is 55.0 Å². The van der Waals surface area contributed by atoms with Crippen molar-refractivity contribution in [3.8, 4) is 0 Å². The Morgan fingerprint density at radius 1 is 1.19 bits per heavy atom. The van der Waals surface area contributed by atoms with E-state index in [4.69, 9.17) is 14.0 Å². The number of rotatable bonds is 7. The highest BCUT2D eigenvalue weighted by atomic mass is 16.5. The number of carbonyl (C=O) groups excluding carboxylic acids is 2. The minimum atomic E-state index is -0.159. The fourth-order valence-electron chi connectivity index (χ4n) is 4.14. The van der Waals surface area contributed by atoms with Crippen LogP contribution in [0.15, 0.2) is 28.8 Å². The lowest BCUT2D eigenvalue weighted by molar-refractivity contribution is -0.114. The van der Waals surface area contributed by atoms with Crippen LogP contribution in [0.1, 0.15) is 60.6 Å². The van der Waals surface area contributed by atoms with Crippen LogP contribution in [0, 0.1) is 0 Å². The average Bonchev–Trinajstić information content (AvgIpc) is 3.28. The van der Waals surface area contributed by atoms with Gasteiger partial charge in [-0.2, -0.15) is 4.98 Å². The molecule has 9 nitrogen and oxygen atoms in total. The van der Waals surface area contributed by atoms with Crippen LogP contribution in [-0.4, -0.2) is 65.9 Å². The third kappa shape index (κ3) is 5.92. The fraction of sp³-hybridized carbons (Fsp3) is 0.565. The molecule has 2 fully saturated rings. The number of likely N-dealkylation sites (tertiary alicyclic amines) is 1. The SMILES string of the molecule is CC(=O)Nc1cccc(C(=O)N2CCC(OCCc3noc(C4CCOCC4)n3)CC2)c1. The molecule has 1 aromatic carbocycles. The predicted molar refractivity (Wildman–Crippen MR) is 116 cm³/mol. The first kappa shape index (κ1) is 22.4. The number of piperidine rings is 1. The molecule has 172 valence electrons. The lowest BCUT2D eigenvalue weighted by Gasteiger charge is -2.32. The van der Waals surface area contributed by atoms with Crippen molar-refractivity contribution in [3.05, 3.63) is 41.5 Å². The van der Waals surface area contributed by atoms with Crippen molar-refractivity contribution in [2.45, 2.75) is 51.0 Å². The highest BCUT2D eigenvalue weighted by molar-refractivity contribution is 5.96. The molecule has 2 saturated heterocycles. The van der Waals surface area contributed by atoms with E-state index >= 15 is 0 Å². The normalized spacial score (nSPS) is 18.0. The maximum absolute atomic E-state index is 12.8. The van der Waals surface area contributed by atoms with E-state index in [1.807, 2.05) is 4.90 Å². The zero-order valence-corrected chi connectivity index (χ0v) is 18.4. The van der Waals surface area contributed by atoms with E-state index in [1.54, 1.807) is 24.3 Å². The summed E-state index contributed by atoms with van der Waals surface area (Å²) in [6.45, 7) is 4.75. The second-order valence-electron chi connectivity index (χ2n) is 8.31. The first-order chi connectivity index (χ1) is 15.6. The van der Waals surface area contributed by atoms with Gasteiger partial charge in [0.2, 0.25) is 11.8 Å². The molecule has 0 aliphatic carbocycles. The third-order valence-electron chi connectivity index (χ3n) is 5.89. The zero-order chi connectivity index (χ0) is 22.3. The number of amides is 2. The van der Waals surface area contributed by atoms with Crippen molar-refractivity contribution < 1.29 is 23.6 Å². The maximum Gasteiger partial charge on any atom is 0.253 e. The summed E-state index contributed by atoms with van der Waals surface area (Å²) in [6, 6.07) is 7.04. The van der Waals surface area contributed by atoms with Crippen molar-refractivity contribution in [2.75, 3.05) is 38.2 Å². The number of aromatic nitrogens is 2. The summed E-state index contributed by atoms with van der Waals surface area (Å²) < 4.78 is 16.8. The lowest BCUT2D eigenvalue weighted by atomic mass is 10.0. The van der Waals surface area contributed by atoms with E-state index in [9.17, 15) is 9.59 Å². The molecule has 0 radical (unpaired) electrons. The van der Waals surface area contributed by atoms with Gasteiger partial charge >= 0.3 is 0 Å². The van der Waals surface area contributed by atoms with Gasteiger partial charge in [-0.15, -0.1) is 0 Å². The van der Waals surface area contributed by atoms with E-state index < -0.39 is 0 Å². The number of nitrogens with one attached hydrogen (secondary N) is 1. The van der Waals surface area contributed by atoms with Gasteiger partial charge in [-0.05, 0) is 43.9 Å². The molecule has 32 heavy (non-hydrogen) atoms. The molecule has 0 unspecified atom stereocenters. The van der Waals surface area contributed by atoms with Crippen molar-refractivity contribution in [1.82, 2.24) is 15.0 Å². The minimum absolute atomic E-state index is 0.0249. The number of hydrogen-bond donors (Lipinski definition) is 1. The van der Waals surface area contributed by atoms with Gasteiger partial charge in [0.15, 0.2) is 5.82 Å². The van der Waals surface area contributed by atoms with E-state index in [0.717, 1.165) is 38.9 Å². The fourth-order valence-corrected chi connectivity index (χ4v) is 4.14. The van der Waals surface area contributed by atoms with E-state index in [-0.39, 0.29) is 17.9 Å². The van der Waals surface area contributed by atoms with Gasteiger partial charge in [0.25, 0.3) is 5.91 Å². The summed E-state index contributed by atoms with van der Waals surface area (Å²) in [4.78, 5) is 30.4. The van der Waals surface area contributed by atoms with Crippen LogP contribution in [0.5, 0.6) is 0 Å². The first-order valence-corrected chi connectivity index (χ1v) is 11.3. The van der Waals surface area contributed by atoms with Crippen LogP contribution < -0.4 is 5.32 Å². The Morgan fingerprint density at radius 2 is 1.97 bits per heavy atom. The predicted octanol–water partition coefficient (Wildman–Crippen LogP) is 2.79. The summed E-state index contributed by atoms with van der Waals surface area (Å²) in [5.41, 5.74) is 1.20. The standard InChI is InChI=1S/C23H30N4O5/c1-16(28)24-19-4-2-3-18(15-19)23(29)27-10-5-20(6-11-27)31-14-9-21-25-22(32-26-21)17-7-12-30-13-8-17/h2-4,15,17,20H,5-14H2,1H3,(H,24,28). The molecule has 1 aromatic heterocycles. The smallest absolute Gasteiger partial charge is 0.253 e. The molecule has 0 atom stereocenters. The van der Waals surface area contributed by atoms with Crippen molar-refractivity contribution in [1.29, 1.82) is 0 Å². The Bertz CT molecular complexity index is 917. The number of ether oxygens (including phenoxy) is 2. The summed E-state index contributed by atoms with van der Waals surface area (Å²) in [5.74, 6) is 1.50. The summed E-state index contributed by atoms with van der Waals surface area (Å²) in [5, 5.41) is 6.80. The molecule has 2 amide bonds. The molecule has 0 bridgehead atoms. The molecule has 2 aliphatic rings. The maximum atomic E-state index is 12.8. The number of anilines is 1. The molecule has 2 aliphatic heterocycles. The third-order valence-corrected chi connectivity index (χ3v) is 5.89. The van der Waals surface area contributed by atoms with Crippen LogP contribution in [0.2, 0.25) is 0 Å². The molecular formula is C23H30N4O5. The van der Waals surface area contributed by atoms with Crippen LogP contribution in [-0.2, 0) is 20.7 Å².